The smallest absolute Gasteiger partial charge is 0.198 e. The van der Waals surface area contributed by atoms with Gasteiger partial charge in [0.2, 0.25) is 0 Å². The average Bonchev–Trinajstić information content (AvgIpc) is 3.75. The van der Waals surface area contributed by atoms with Gasteiger partial charge in [0.1, 0.15) is 5.82 Å². The molecule has 7 aromatic carbocycles. The maximum Gasteiger partial charge on any atom is 0.198 e. The molecule has 0 amide bonds. The number of hydrogen-bond acceptors (Lipinski definition) is 2. The number of fused-ring (bicyclic) bond motifs is 7. The minimum atomic E-state index is 0.129. The lowest BCUT2D eigenvalue weighted by atomic mass is 9.58. The number of aryl methyl sites for hydroxylation is 1. The summed E-state index contributed by atoms with van der Waals surface area (Å²) >= 11 is 0. The molecule has 0 spiro atoms. The van der Waals surface area contributed by atoms with E-state index in [4.69, 9.17) is 4.98 Å². The average molecular weight is 737 g/mol. The summed E-state index contributed by atoms with van der Waals surface area (Å²) in [4.78, 5) is 5.23. The summed E-state index contributed by atoms with van der Waals surface area (Å²) in [5, 5.41) is 6.53. The third-order valence-corrected chi connectivity index (χ3v) is 13.2. The monoisotopic (exact) mass is 736 g/mol. The van der Waals surface area contributed by atoms with Crippen LogP contribution in [0.15, 0.2) is 146 Å². The first-order valence-corrected chi connectivity index (χ1v) is 20.4. The molecule has 3 heterocycles. The van der Waals surface area contributed by atoms with Gasteiger partial charge in [-0.05, 0) is 99.4 Å². The number of nitrogens with one attached hydrogen (secondary N) is 1. The van der Waals surface area contributed by atoms with Crippen LogP contribution in [0.25, 0.3) is 72.2 Å². The van der Waals surface area contributed by atoms with Crippen molar-refractivity contribution in [2.24, 2.45) is 7.05 Å². The molecule has 0 radical (unpaired) electrons. The minimum absolute atomic E-state index is 0.129. The summed E-state index contributed by atoms with van der Waals surface area (Å²) in [7, 11) is 2.94. The van der Waals surface area contributed by atoms with E-state index in [0.717, 1.165) is 41.1 Å². The quantitative estimate of drug-likeness (QED) is 0.179. The van der Waals surface area contributed by atoms with Crippen molar-refractivity contribution in [2.45, 2.75) is 51.4 Å². The molecule has 2 aromatic heterocycles. The molecule has 4 nitrogen and oxygen atoms in total. The number of anilines is 2. The van der Waals surface area contributed by atoms with Gasteiger partial charge in [-0.1, -0.05) is 136 Å². The number of nitrogens with zero attached hydrogens (tertiary/aromatic N) is 3. The van der Waals surface area contributed by atoms with E-state index in [-0.39, 0.29) is 10.8 Å². The molecular weight excluding hydrogens is 691 g/mol. The van der Waals surface area contributed by atoms with Gasteiger partial charge in [0.15, 0.2) is 7.28 Å². The lowest BCUT2D eigenvalue weighted by Crippen LogP contribution is -2.37. The zero-order valence-corrected chi connectivity index (χ0v) is 33.3. The molecule has 1 aliphatic heterocycles. The maximum absolute atomic E-state index is 5.23. The van der Waals surface area contributed by atoms with Crippen LogP contribution in [0.5, 0.6) is 0 Å². The predicted octanol–water partition coefficient (Wildman–Crippen LogP) is 11.5. The third kappa shape index (κ3) is 5.18. The van der Waals surface area contributed by atoms with Gasteiger partial charge in [0.25, 0.3) is 0 Å². The Morgan fingerprint density at radius 1 is 0.614 bits per heavy atom. The van der Waals surface area contributed by atoms with Crippen LogP contribution < -0.4 is 16.2 Å². The van der Waals surface area contributed by atoms with Crippen molar-refractivity contribution < 1.29 is 0 Å². The molecule has 0 unspecified atom stereocenters. The summed E-state index contributed by atoms with van der Waals surface area (Å²) in [5.74, 6) is 0.981. The van der Waals surface area contributed by atoms with Gasteiger partial charge in [0.05, 0.1) is 16.6 Å². The summed E-state index contributed by atoms with van der Waals surface area (Å²) in [5.41, 5.74) is 20.1. The van der Waals surface area contributed by atoms with Gasteiger partial charge in [-0.2, -0.15) is 0 Å². The van der Waals surface area contributed by atoms with Crippen molar-refractivity contribution in [1.82, 2.24) is 14.1 Å². The van der Waals surface area contributed by atoms with E-state index < -0.39 is 0 Å². The molecule has 11 rings (SSSR count). The molecular formula is C52H45BN4. The van der Waals surface area contributed by atoms with Gasteiger partial charge in [-0.25, -0.2) is 4.98 Å². The molecule has 276 valence electrons. The molecule has 0 saturated carbocycles. The van der Waals surface area contributed by atoms with Gasteiger partial charge >= 0.3 is 0 Å². The van der Waals surface area contributed by atoms with E-state index in [9.17, 15) is 0 Å². The zero-order chi connectivity index (χ0) is 38.6. The fraction of sp³-hybridized carbons (Fsp3) is 0.173. The van der Waals surface area contributed by atoms with E-state index in [1.807, 2.05) is 0 Å². The van der Waals surface area contributed by atoms with Crippen LogP contribution in [-0.4, -0.2) is 21.4 Å². The highest BCUT2D eigenvalue weighted by molar-refractivity contribution is 6.74. The van der Waals surface area contributed by atoms with Crippen molar-refractivity contribution >= 4 is 62.4 Å². The standard InChI is InChI=1S/C52H45BN4/c1-51(2)26-27-52(3,4)40-28-34(24-25-39(40)51)54-42-22-14-12-20-35(42)38-29-37(32-16-8-6-9-17-32)47-36-21-13-15-23-44(36)57-45-31-46-43(30-41(45)53-48(38)49(47)57)55-50(56(46)5)33-18-10-7-11-19-33/h6-25,28-31,53-54H,26-27H2,1-5H3. The largest absolute Gasteiger partial charge is 0.355 e. The Morgan fingerprint density at radius 2 is 1.30 bits per heavy atom. The number of hydrogen-bond donors (Lipinski definition) is 1. The normalized spacial score (nSPS) is 15.0. The predicted molar refractivity (Wildman–Crippen MR) is 243 cm³/mol. The highest BCUT2D eigenvalue weighted by atomic mass is 15.1. The molecule has 0 atom stereocenters. The lowest BCUT2D eigenvalue weighted by molar-refractivity contribution is 0.332. The van der Waals surface area contributed by atoms with E-state index in [1.165, 1.54) is 84.6 Å². The van der Waals surface area contributed by atoms with Crippen LogP contribution in [0.4, 0.5) is 11.4 Å². The molecule has 0 saturated heterocycles. The van der Waals surface area contributed by atoms with Gasteiger partial charge in [-0.3, -0.25) is 0 Å². The van der Waals surface area contributed by atoms with Crippen molar-refractivity contribution in [3.63, 3.8) is 0 Å². The maximum atomic E-state index is 5.23. The Balaban J connectivity index is 1.16. The van der Waals surface area contributed by atoms with E-state index in [2.05, 4.69) is 195 Å². The highest BCUT2D eigenvalue weighted by Gasteiger charge is 2.37. The van der Waals surface area contributed by atoms with Crippen LogP contribution in [0.3, 0.4) is 0 Å². The third-order valence-electron chi connectivity index (χ3n) is 13.2. The molecule has 1 aliphatic carbocycles. The van der Waals surface area contributed by atoms with Crippen LogP contribution in [-0.2, 0) is 17.9 Å². The second kappa shape index (κ2) is 12.3. The summed E-state index contributed by atoms with van der Waals surface area (Å²) in [6.07, 6.45) is 2.39. The first-order valence-electron chi connectivity index (χ1n) is 20.4. The Bertz CT molecular complexity index is 3080. The molecule has 0 bridgehead atoms. The van der Waals surface area contributed by atoms with E-state index >= 15 is 0 Å². The van der Waals surface area contributed by atoms with Crippen LogP contribution in [0, 0.1) is 0 Å². The number of imidazole rings is 1. The Kier molecular flexibility index (Phi) is 7.35. The fourth-order valence-electron chi connectivity index (χ4n) is 10.0. The second-order valence-corrected chi connectivity index (χ2v) is 17.6. The Labute approximate surface area is 335 Å². The highest BCUT2D eigenvalue weighted by Crippen LogP contribution is 2.48. The summed E-state index contributed by atoms with van der Waals surface area (Å²) < 4.78 is 4.80. The molecule has 57 heavy (non-hydrogen) atoms. The molecule has 9 aromatic rings. The Morgan fingerprint density at radius 3 is 2.09 bits per heavy atom. The van der Waals surface area contributed by atoms with Crippen molar-refractivity contribution in [3.05, 3.63) is 157 Å². The van der Waals surface area contributed by atoms with Gasteiger partial charge in [-0.15, -0.1) is 0 Å². The Hall–Kier alpha value is -6.33. The van der Waals surface area contributed by atoms with E-state index in [1.54, 1.807) is 0 Å². The number of rotatable bonds is 5. The summed E-state index contributed by atoms with van der Waals surface area (Å²) in [6.45, 7) is 9.60. The van der Waals surface area contributed by atoms with Gasteiger partial charge in [0, 0.05) is 51.5 Å². The first-order chi connectivity index (χ1) is 27.7. The number of para-hydroxylation sites is 2. The minimum Gasteiger partial charge on any atom is -0.355 e. The first kappa shape index (κ1) is 34.0. The van der Waals surface area contributed by atoms with Crippen molar-refractivity contribution in [2.75, 3.05) is 5.32 Å². The van der Waals surface area contributed by atoms with E-state index in [0.29, 0.717) is 0 Å². The number of benzene rings is 7. The van der Waals surface area contributed by atoms with Crippen LogP contribution in [0.2, 0.25) is 0 Å². The number of aromatic nitrogens is 3. The molecule has 2 aliphatic rings. The molecule has 5 heteroatoms. The lowest BCUT2D eigenvalue weighted by Gasteiger charge is -2.42. The SMILES string of the molecule is Cn1c(-c2ccccc2)nc2cc3c(cc21)-n1c2ccccc2c2c(-c4ccccc4)cc(-c4ccccc4Nc4ccc5c(c4)C(C)(C)CCC5(C)C)c(c21)B3. The summed E-state index contributed by atoms with van der Waals surface area (Å²) in [6, 6.07) is 53.6. The molecule has 1 N–H and O–H groups in total. The zero-order valence-electron chi connectivity index (χ0n) is 33.3. The van der Waals surface area contributed by atoms with Crippen LogP contribution >= 0.6 is 0 Å². The van der Waals surface area contributed by atoms with Crippen LogP contribution in [0.1, 0.15) is 51.7 Å². The molecule has 0 fully saturated rings. The van der Waals surface area contributed by atoms with Crippen molar-refractivity contribution in [1.29, 1.82) is 0 Å². The second-order valence-electron chi connectivity index (χ2n) is 17.6. The topological polar surface area (TPSA) is 34.8 Å². The van der Waals surface area contributed by atoms with Crippen molar-refractivity contribution in [3.8, 4) is 39.3 Å². The fourth-order valence-corrected chi connectivity index (χ4v) is 10.0. The van der Waals surface area contributed by atoms with Gasteiger partial charge < -0.3 is 14.5 Å².